The molecule has 2 aromatic carbocycles. The number of hydrogen-bond donors (Lipinski definition) is 0. The number of rotatable bonds is 9. The molecule has 2 aromatic rings. The van der Waals surface area contributed by atoms with Gasteiger partial charge in [0.15, 0.2) is 4.33 Å². The van der Waals surface area contributed by atoms with Crippen molar-refractivity contribution in [1.29, 1.82) is 0 Å². The standard InChI is InChI=1S/C21H21BCl5FO/c1-14(28)18(23)7-5-13-22(17-6-3-4-8-19(17)29-2)16-11-9-15(10-12-16)21(26,27)20(24)25/h3-12,14,18,20H,13H2,1-2H3. The molecule has 0 heterocycles. The van der Waals surface area contributed by atoms with E-state index < -0.39 is 20.7 Å². The predicted octanol–water partition coefficient (Wildman–Crippen LogP) is 6.26. The number of alkyl halides is 6. The normalized spacial score (nSPS) is 14.2. The van der Waals surface area contributed by atoms with E-state index in [-0.39, 0.29) is 6.71 Å². The Balaban J connectivity index is 2.39. The van der Waals surface area contributed by atoms with Crippen LogP contribution in [0.4, 0.5) is 4.39 Å². The molecule has 0 aliphatic rings. The monoisotopic (exact) mass is 494 g/mol. The number of ether oxygens (including phenoxy) is 1. The van der Waals surface area contributed by atoms with Crippen molar-refractivity contribution < 1.29 is 9.13 Å². The van der Waals surface area contributed by atoms with Gasteiger partial charge in [-0.1, -0.05) is 83.3 Å². The second-order valence-electron chi connectivity index (χ2n) is 6.63. The van der Waals surface area contributed by atoms with Crippen LogP contribution in [0.2, 0.25) is 6.32 Å². The molecule has 156 valence electrons. The van der Waals surface area contributed by atoms with Crippen molar-refractivity contribution in [3.8, 4) is 5.75 Å². The van der Waals surface area contributed by atoms with Gasteiger partial charge >= 0.3 is 0 Å². The molecular formula is C21H21BCl5FO. The van der Waals surface area contributed by atoms with Crippen LogP contribution in [-0.4, -0.2) is 30.2 Å². The first-order chi connectivity index (χ1) is 13.7. The molecule has 0 N–H and O–H groups in total. The van der Waals surface area contributed by atoms with Gasteiger partial charge in [-0.25, -0.2) is 4.39 Å². The Morgan fingerprint density at radius 3 is 2.24 bits per heavy atom. The third-order valence-electron chi connectivity index (χ3n) is 4.62. The molecule has 0 radical (unpaired) electrons. The summed E-state index contributed by atoms with van der Waals surface area (Å²) >= 11 is 30.3. The van der Waals surface area contributed by atoms with Gasteiger partial charge < -0.3 is 4.74 Å². The van der Waals surface area contributed by atoms with Crippen LogP contribution < -0.4 is 15.7 Å². The van der Waals surface area contributed by atoms with E-state index in [4.69, 9.17) is 62.7 Å². The topological polar surface area (TPSA) is 9.23 Å². The molecule has 2 atom stereocenters. The number of allylic oxidation sites excluding steroid dienone is 2. The molecule has 0 aromatic heterocycles. The lowest BCUT2D eigenvalue weighted by Gasteiger charge is -2.22. The van der Waals surface area contributed by atoms with Crippen LogP contribution >= 0.6 is 58.0 Å². The summed E-state index contributed by atoms with van der Waals surface area (Å²) in [6.07, 6.45) is 3.05. The minimum Gasteiger partial charge on any atom is -0.497 e. The zero-order chi connectivity index (χ0) is 21.6. The van der Waals surface area contributed by atoms with Crippen molar-refractivity contribution in [3.05, 3.63) is 66.2 Å². The van der Waals surface area contributed by atoms with Crippen LogP contribution in [0.1, 0.15) is 12.5 Å². The van der Waals surface area contributed by atoms with Gasteiger partial charge in [-0.15, -0.1) is 34.8 Å². The van der Waals surface area contributed by atoms with Gasteiger partial charge in [0.25, 0.3) is 0 Å². The average Bonchev–Trinajstić information content (AvgIpc) is 2.71. The Morgan fingerprint density at radius 1 is 1.07 bits per heavy atom. The highest BCUT2D eigenvalue weighted by molar-refractivity contribution is 6.86. The Bertz CT molecular complexity index is 811. The minimum absolute atomic E-state index is 0.0434. The SMILES string of the molecule is COc1ccccc1B(CC=CC(Cl)C(C)F)c1ccc(C(Cl)(Cl)C(Cl)Cl)cc1. The maximum atomic E-state index is 13.4. The first-order valence-electron chi connectivity index (χ1n) is 9.02. The molecule has 2 rings (SSSR count). The first-order valence-corrected chi connectivity index (χ1v) is 11.1. The van der Waals surface area contributed by atoms with E-state index in [2.05, 4.69) is 0 Å². The largest absolute Gasteiger partial charge is 0.497 e. The number of para-hydroxylation sites is 1. The van der Waals surface area contributed by atoms with E-state index in [1.165, 1.54) is 6.92 Å². The van der Waals surface area contributed by atoms with Crippen molar-refractivity contribution >= 4 is 75.6 Å². The lowest BCUT2D eigenvalue weighted by atomic mass is 9.38. The van der Waals surface area contributed by atoms with E-state index in [9.17, 15) is 4.39 Å². The van der Waals surface area contributed by atoms with Crippen LogP contribution in [0, 0.1) is 0 Å². The van der Waals surface area contributed by atoms with E-state index >= 15 is 0 Å². The Kier molecular flexibility index (Phi) is 9.50. The summed E-state index contributed by atoms with van der Waals surface area (Å²) in [6, 6.07) is 15.2. The number of methoxy groups -OCH3 is 1. The Hall–Kier alpha value is -0.575. The van der Waals surface area contributed by atoms with Crippen molar-refractivity contribution in [3.63, 3.8) is 0 Å². The number of benzene rings is 2. The van der Waals surface area contributed by atoms with Gasteiger partial charge in [0, 0.05) is 0 Å². The lowest BCUT2D eigenvalue weighted by Crippen LogP contribution is -2.42. The van der Waals surface area contributed by atoms with Crippen LogP contribution in [0.5, 0.6) is 5.75 Å². The third kappa shape index (κ3) is 6.45. The highest BCUT2D eigenvalue weighted by Crippen LogP contribution is 2.41. The van der Waals surface area contributed by atoms with Crippen LogP contribution in [0.15, 0.2) is 60.7 Å². The van der Waals surface area contributed by atoms with Crippen molar-refractivity contribution in [2.75, 3.05) is 7.11 Å². The lowest BCUT2D eigenvalue weighted by molar-refractivity contribution is 0.369. The molecule has 0 amide bonds. The van der Waals surface area contributed by atoms with E-state index in [1.807, 2.05) is 42.5 Å². The number of halogens is 6. The second kappa shape index (κ2) is 11.2. The molecule has 0 fully saturated rings. The maximum Gasteiger partial charge on any atom is 0.217 e. The van der Waals surface area contributed by atoms with Crippen molar-refractivity contribution in [2.45, 2.75) is 34.0 Å². The van der Waals surface area contributed by atoms with Gasteiger partial charge in [-0.2, -0.15) is 0 Å². The average molecular weight is 496 g/mol. The molecule has 0 saturated carbocycles. The van der Waals surface area contributed by atoms with Gasteiger partial charge in [-0.05, 0) is 30.3 Å². The van der Waals surface area contributed by atoms with Crippen LogP contribution in [0.3, 0.4) is 0 Å². The molecule has 0 bridgehead atoms. The fourth-order valence-corrected chi connectivity index (χ4v) is 3.57. The van der Waals surface area contributed by atoms with E-state index in [0.717, 1.165) is 16.7 Å². The fraction of sp³-hybridized carbons (Fsp3) is 0.333. The number of hydrogen-bond acceptors (Lipinski definition) is 1. The summed E-state index contributed by atoms with van der Waals surface area (Å²) in [7, 11) is 1.63. The van der Waals surface area contributed by atoms with Crippen molar-refractivity contribution in [1.82, 2.24) is 0 Å². The Labute approximate surface area is 197 Å². The van der Waals surface area contributed by atoms with Gasteiger partial charge in [-0.3, -0.25) is 0 Å². The van der Waals surface area contributed by atoms with E-state index in [1.54, 1.807) is 25.3 Å². The fourth-order valence-electron chi connectivity index (χ4n) is 2.96. The summed E-state index contributed by atoms with van der Waals surface area (Å²) in [5.74, 6) is 0.766. The minimum atomic E-state index is -1.41. The molecule has 0 aliphatic heterocycles. The smallest absolute Gasteiger partial charge is 0.217 e. The van der Waals surface area contributed by atoms with E-state index in [0.29, 0.717) is 11.9 Å². The Morgan fingerprint density at radius 2 is 1.69 bits per heavy atom. The molecule has 0 saturated heterocycles. The first kappa shape index (κ1) is 24.7. The zero-order valence-corrected chi connectivity index (χ0v) is 19.7. The highest BCUT2D eigenvalue weighted by Gasteiger charge is 2.34. The molecule has 8 heteroatoms. The van der Waals surface area contributed by atoms with Crippen LogP contribution in [-0.2, 0) is 4.33 Å². The van der Waals surface area contributed by atoms with Crippen molar-refractivity contribution in [2.24, 2.45) is 0 Å². The summed E-state index contributed by atoms with van der Waals surface area (Å²) in [6.45, 7) is 1.39. The molecule has 29 heavy (non-hydrogen) atoms. The van der Waals surface area contributed by atoms with Gasteiger partial charge in [0.2, 0.25) is 6.71 Å². The molecule has 0 aliphatic carbocycles. The predicted molar refractivity (Wildman–Crippen MR) is 127 cm³/mol. The molecule has 1 nitrogen and oxygen atoms in total. The molecular weight excluding hydrogens is 475 g/mol. The van der Waals surface area contributed by atoms with Crippen LogP contribution in [0.25, 0.3) is 0 Å². The molecule has 2 unspecified atom stereocenters. The summed E-state index contributed by atoms with van der Waals surface area (Å²) in [4.78, 5) is -0.979. The van der Waals surface area contributed by atoms with Gasteiger partial charge in [0.05, 0.1) is 12.5 Å². The third-order valence-corrected chi connectivity index (χ3v) is 7.08. The second-order valence-corrected chi connectivity index (χ2v) is 9.61. The summed E-state index contributed by atoms with van der Waals surface area (Å²) in [5.41, 5.74) is 2.61. The highest BCUT2D eigenvalue weighted by atomic mass is 35.5. The zero-order valence-electron chi connectivity index (χ0n) is 16.0. The van der Waals surface area contributed by atoms with Gasteiger partial charge in [0.1, 0.15) is 16.8 Å². The summed E-state index contributed by atoms with van der Waals surface area (Å²) < 4.78 is 17.5. The molecule has 0 spiro atoms. The quantitative estimate of drug-likeness (QED) is 0.226. The maximum absolute atomic E-state index is 13.4. The summed E-state index contributed by atoms with van der Waals surface area (Å²) in [5, 5.41) is -0.673.